The Morgan fingerprint density at radius 3 is 1.37 bits per heavy atom. The van der Waals surface area contributed by atoms with E-state index < -0.39 is 9.85 Å². The van der Waals surface area contributed by atoms with Gasteiger partial charge in [0.15, 0.2) is 0 Å². The number of aryl methyl sites for hydroxylation is 2. The molecule has 2 aliphatic rings. The fraction of sp³-hybridized carbons (Fsp3) is 0.200. The highest BCUT2D eigenvalue weighted by molar-refractivity contribution is 5.75. The van der Waals surface area contributed by atoms with Gasteiger partial charge in [-0.15, -0.1) is 0 Å². The SMILES string of the molecule is CN1/C(=C\C=C\c2oc3cc([N+](=O)[O-])ccc3[n+]2C)C(C)(Cc2ccc(CC3(C)/C(=C/C=C/c4oc5cc([N+](=O)[O-])ccc5[n+]4C)N(C)c4ccccc43)cc2)c2ccccc21. The number of benzene rings is 5. The molecule has 4 heterocycles. The Morgan fingerprint density at radius 1 is 0.597 bits per heavy atom. The molecule has 0 fully saturated rings. The maximum absolute atomic E-state index is 11.4. The van der Waals surface area contributed by atoms with Crippen molar-refractivity contribution in [3.05, 3.63) is 199 Å². The van der Waals surface area contributed by atoms with E-state index in [0.717, 1.165) is 46.6 Å². The molecule has 0 saturated carbocycles. The number of non-ortho nitro benzene ring substituents is 2. The van der Waals surface area contributed by atoms with E-state index in [2.05, 4.69) is 123 Å². The van der Waals surface area contributed by atoms with Gasteiger partial charge in [-0.1, -0.05) is 72.8 Å². The summed E-state index contributed by atoms with van der Waals surface area (Å²) in [7, 11) is 7.99. The molecule has 310 valence electrons. The Bertz CT molecular complexity index is 2880. The number of nitrogens with zero attached hydrogens (tertiary/aromatic N) is 6. The first-order valence-corrected chi connectivity index (χ1v) is 20.4. The van der Waals surface area contributed by atoms with Crippen molar-refractivity contribution >= 4 is 57.1 Å². The van der Waals surface area contributed by atoms with E-state index >= 15 is 0 Å². The van der Waals surface area contributed by atoms with E-state index in [1.165, 1.54) is 46.5 Å². The number of likely N-dealkylation sites (N-methyl/N-ethyl adjacent to an activating group) is 2. The van der Waals surface area contributed by atoms with Crippen molar-refractivity contribution in [2.45, 2.75) is 37.5 Å². The number of nitro benzene ring substituents is 2. The highest BCUT2D eigenvalue weighted by Gasteiger charge is 2.43. The number of hydrogen-bond donors (Lipinski definition) is 0. The zero-order chi connectivity index (χ0) is 43.5. The van der Waals surface area contributed by atoms with Crippen molar-refractivity contribution in [3.63, 3.8) is 0 Å². The van der Waals surface area contributed by atoms with Gasteiger partial charge in [-0.3, -0.25) is 20.2 Å². The molecule has 0 spiro atoms. The second kappa shape index (κ2) is 15.1. The first-order chi connectivity index (χ1) is 29.8. The first-order valence-electron chi connectivity index (χ1n) is 20.4. The van der Waals surface area contributed by atoms with Crippen LogP contribution in [0.2, 0.25) is 0 Å². The maximum Gasteiger partial charge on any atom is 0.373 e. The molecule has 0 saturated heterocycles. The molecule has 12 nitrogen and oxygen atoms in total. The number of rotatable bonds is 10. The molecule has 0 radical (unpaired) electrons. The summed E-state index contributed by atoms with van der Waals surface area (Å²) in [5.74, 6) is 1.17. The van der Waals surface area contributed by atoms with Gasteiger partial charge in [0.25, 0.3) is 22.4 Å². The molecule has 2 aliphatic heterocycles. The largest absolute Gasteiger partial charge is 0.398 e. The van der Waals surface area contributed by atoms with Gasteiger partial charge < -0.3 is 18.6 Å². The number of hydrogen-bond acceptors (Lipinski definition) is 8. The maximum atomic E-state index is 11.4. The van der Waals surface area contributed by atoms with Crippen molar-refractivity contribution in [1.82, 2.24) is 0 Å². The molecule has 0 N–H and O–H groups in total. The monoisotopic (exact) mass is 826 g/mol. The van der Waals surface area contributed by atoms with Crippen LogP contribution in [0, 0.1) is 20.2 Å². The summed E-state index contributed by atoms with van der Waals surface area (Å²) >= 11 is 0. The third-order valence-corrected chi connectivity index (χ3v) is 12.8. The number of para-hydroxylation sites is 2. The van der Waals surface area contributed by atoms with Gasteiger partial charge in [0.1, 0.15) is 14.1 Å². The fourth-order valence-corrected chi connectivity index (χ4v) is 9.58. The first kappa shape index (κ1) is 39.8. The van der Waals surface area contributed by atoms with Crippen LogP contribution in [0.5, 0.6) is 0 Å². The number of oxazole rings is 2. The summed E-state index contributed by atoms with van der Waals surface area (Å²) in [5, 5.41) is 22.7. The Morgan fingerprint density at radius 2 is 0.984 bits per heavy atom. The van der Waals surface area contributed by atoms with Gasteiger partial charge in [0.2, 0.25) is 11.2 Å². The van der Waals surface area contributed by atoms with Crippen LogP contribution in [0.15, 0.2) is 154 Å². The number of nitro groups is 2. The lowest BCUT2D eigenvalue weighted by atomic mass is 9.75. The van der Waals surface area contributed by atoms with E-state index in [1.807, 2.05) is 47.5 Å². The zero-order valence-corrected chi connectivity index (χ0v) is 35.4. The summed E-state index contributed by atoms with van der Waals surface area (Å²) in [6.45, 7) is 4.60. The van der Waals surface area contributed by atoms with Gasteiger partial charge >= 0.3 is 11.8 Å². The predicted molar refractivity (Wildman–Crippen MR) is 241 cm³/mol. The van der Waals surface area contributed by atoms with Crippen molar-refractivity contribution in [1.29, 1.82) is 0 Å². The fourth-order valence-electron chi connectivity index (χ4n) is 9.58. The Labute approximate surface area is 358 Å². The molecule has 2 unspecified atom stereocenters. The lowest BCUT2D eigenvalue weighted by molar-refractivity contribution is -0.652. The molecule has 12 heteroatoms. The van der Waals surface area contributed by atoms with E-state index in [4.69, 9.17) is 8.83 Å². The minimum atomic E-state index is -0.418. The molecule has 5 aromatic carbocycles. The molecule has 7 aromatic rings. The molecule has 0 bridgehead atoms. The molecule has 2 atom stereocenters. The minimum Gasteiger partial charge on any atom is -0.398 e. The van der Waals surface area contributed by atoms with Crippen molar-refractivity contribution in [2.75, 3.05) is 23.9 Å². The molecule has 9 rings (SSSR count). The molecule has 0 aliphatic carbocycles. The van der Waals surface area contributed by atoms with Gasteiger partial charge in [-0.2, -0.15) is 9.13 Å². The summed E-state index contributed by atoms with van der Waals surface area (Å²) < 4.78 is 15.9. The second-order valence-electron chi connectivity index (χ2n) is 16.6. The average Bonchev–Trinajstić information content (AvgIpc) is 3.89. The average molecular weight is 827 g/mol. The van der Waals surface area contributed by atoms with Gasteiger partial charge in [-0.05, 0) is 73.2 Å². The summed E-state index contributed by atoms with van der Waals surface area (Å²) in [6.07, 6.45) is 13.6. The van der Waals surface area contributed by atoms with Crippen LogP contribution in [-0.2, 0) is 37.8 Å². The smallest absolute Gasteiger partial charge is 0.373 e. The third-order valence-electron chi connectivity index (χ3n) is 12.8. The van der Waals surface area contributed by atoms with Crippen LogP contribution in [0.25, 0.3) is 34.4 Å². The minimum absolute atomic E-state index is 0.0101. The predicted octanol–water partition coefficient (Wildman–Crippen LogP) is 9.74. The van der Waals surface area contributed by atoms with Gasteiger partial charge in [0, 0.05) is 72.0 Å². The van der Waals surface area contributed by atoms with Crippen LogP contribution < -0.4 is 18.9 Å². The number of anilines is 2. The van der Waals surface area contributed by atoms with E-state index in [9.17, 15) is 20.2 Å². The van der Waals surface area contributed by atoms with E-state index in [0.29, 0.717) is 22.9 Å². The summed E-state index contributed by atoms with van der Waals surface area (Å²) in [4.78, 5) is 26.4. The molecular weight excluding hydrogens is 781 g/mol. The second-order valence-corrected chi connectivity index (χ2v) is 16.6. The highest BCUT2D eigenvalue weighted by Crippen LogP contribution is 2.50. The highest BCUT2D eigenvalue weighted by atomic mass is 16.6. The zero-order valence-electron chi connectivity index (χ0n) is 35.4. The Hall–Kier alpha value is -7.60. The summed E-state index contributed by atoms with van der Waals surface area (Å²) in [6, 6.07) is 35.4. The van der Waals surface area contributed by atoms with Crippen LogP contribution in [-0.4, -0.2) is 23.9 Å². The number of aromatic nitrogens is 2. The summed E-state index contributed by atoms with van der Waals surface area (Å²) in [5.41, 5.74) is 11.3. The van der Waals surface area contributed by atoms with Gasteiger partial charge in [-0.25, -0.2) is 0 Å². The normalized spacial score (nSPS) is 19.8. The lowest BCUT2D eigenvalue weighted by Gasteiger charge is -2.30. The number of fused-ring (bicyclic) bond motifs is 4. The molecule has 2 aromatic heterocycles. The molecule has 62 heavy (non-hydrogen) atoms. The van der Waals surface area contributed by atoms with Crippen molar-refractivity contribution < 1.29 is 27.8 Å². The Kier molecular flexibility index (Phi) is 9.73. The quantitative estimate of drug-likeness (QED) is 0.0758. The lowest BCUT2D eigenvalue weighted by Crippen LogP contribution is -2.29. The molecule has 0 amide bonds. The van der Waals surface area contributed by atoms with Crippen molar-refractivity contribution in [2.24, 2.45) is 14.1 Å². The van der Waals surface area contributed by atoms with Gasteiger partial charge in [0.05, 0.1) is 34.1 Å². The molecular formula is C50H46N6O6+2. The topological polar surface area (TPSA) is 127 Å². The van der Waals surface area contributed by atoms with Crippen LogP contribution in [0.4, 0.5) is 22.7 Å². The van der Waals surface area contributed by atoms with Crippen LogP contribution >= 0.6 is 0 Å². The van der Waals surface area contributed by atoms with Crippen LogP contribution in [0.1, 0.15) is 47.9 Å². The third kappa shape index (κ3) is 6.64. The van der Waals surface area contributed by atoms with Crippen LogP contribution in [0.3, 0.4) is 0 Å². The standard InChI is InChI=1S/C50H46N6O6/c1-49(37-13-7-9-15-39(37)51(3)45(49)17-11-19-47-53(5)41-27-25-35(55(57)58)29-43(41)61-47)31-33-21-23-34(24-22-33)32-50(2)38-14-8-10-16-40(38)52(4)46(50)18-12-20-48-54(6)42-28-26-36(56(59)60)30-44(42)62-48/h7-30H,31-32H2,1-6H3/q+2. The van der Waals surface area contributed by atoms with Crippen molar-refractivity contribution in [3.8, 4) is 0 Å². The number of allylic oxidation sites excluding steroid dienone is 6. The Balaban J connectivity index is 0.988. The van der Waals surface area contributed by atoms with E-state index in [1.54, 1.807) is 12.1 Å². The van der Waals surface area contributed by atoms with E-state index in [-0.39, 0.29) is 22.2 Å².